The van der Waals surface area contributed by atoms with Crippen molar-refractivity contribution in [1.82, 2.24) is 19.6 Å². The number of amides is 1. The number of fused-ring (bicyclic) bond motifs is 2. The van der Waals surface area contributed by atoms with E-state index in [4.69, 9.17) is 9.15 Å². The van der Waals surface area contributed by atoms with Gasteiger partial charge in [0.05, 0.1) is 12.8 Å². The number of hydrogen-bond donors (Lipinski definition) is 1. The van der Waals surface area contributed by atoms with Crippen LogP contribution in [0.1, 0.15) is 16.2 Å². The molecule has 0 unspecified atom stereocenters. The summed E-state index contributed by atoms with van der Waals surface area (Å²) in [6.45, 7) is 0. The summed E-state index contributed by atoms with van der Waals surface area (Å²) in [7, 11) is 1.49. The van der Waals surface area contributed by atoms with Gasteiger partial charge in [0.25, 0.3) is 5.91 Å². The van der Waals surface area contributed by atoms with Crippen molar-refractivity contribution in [2.45, 2.75) is 6.18 Å². The standard InChI is InChI=1S/C28H18F3N5O3/c1-38-19-10-7-16(8-11-19)20-14-24(28(29,30)31)36-25(33-20)15-22(35-36)26(37)32-18-9-12-23-21(13-18)34-27(39-23)17-5-3-2-4-6-17/h2-15H,1H3,(H,32,37). The predicted molar refractivity (Wildman–Crippen MR) is 137 cm³/mol. The normalized spacial score (nSPS) is 11.7. The third kappa shape index (κ3) is 4.65. The van der Waals surface area contributed by atoms with Crippen LogP contribution in [-0.4, -0.2) is 32.6 Å². The van der Waals surface area contributed by atoms with Crippen molar-refractivity contribution >= 4 is 28.3 Å². The number of carbonyl (C=O) groups excluding carboxylic acids is 1. The van der Waals surface area contributed by atoms with Crippen LogP contribution in [0.15, 0.2) is 89.3 Å². The predicted octanol–water partition coefficient (Wildman–Crippen LogP) is 6.48. The number of carbonyl (C=O) groups is 1. The highest BCUT2D eigenvalue weighted by Gasteiger charge is 2.35. The summed E-state index contributed by atoms with van der Waals surface area (Å²) in [6, 6.07) is 22.8. The van der Waals surface area contributed by atoms with Crippen molar-refractivity contribution in [2.75, 3.05) is 12.4 Å². The summed E-state index contributed by atoms with van der Waals surface area (Å²) >= 11 is 0. The average Bonchev–Trinajstić information content (AvgIpc) is 3.57. The zero-order valence-corrected chi connectivity index (χ0v) is 20.2. The van der Waals surface area contributed by atoms with E-state index >= 15 is 0 Å². The van der Waals surface area contributed by atoms with Gasteiger partial charge in [-0.15, -0.1) is 0 Å². The Morgan fingerprint density at radius 3 is 2.41 bits per heavy atom. The first-order valence-electron chi connectivity index (χ1n) is 11.7. The average molecular weight is 529 g/mol. The van der Waals surface area contributed by atoms with Crippen molar-refractivity contribution in [1.29, 1.82) is 0 Å². The number of nitrogens with one attached hydrogen (secondary N) is 1. The quantitative estimate of drug-likeness (QED) is 0.275. The fourth-order valence-corrected chi connectivity index (χ4v) is 4.10. The number of nitrogens with zero attached hydrogens (tertiary/aromatic N) is 4. The summed E-state index contributed by atoms with van der Waals surface area (Å²) in [6.07, 6.45) is -4.74. The molecule has 8 nitrogen and oxygen atoms in total. The second kappa shape index (κ2) is 9.28. The summed E-state index contributed by atoms with van der Waals surface area (Å²) in [5.74, 6) is 0.276. The molecule has 11 heteroatoms. The lowest BCUT2D eigenvalue weighted by molar-refractivity contribution is -0.142. The van der Waals surface area contributed by atoms with Gasteiger partial charge >= 0.3 is 6.18 Å². The van der Waals surface area contributed by atoms with Crippen LogP contribution in [0, 0.1) is 0 Å². The first kappa shape index (κ1) is 24.2. The fourth-order valence-electron chi connectivity index (χ4n) is 4.10. The minimum atomic E-state index is -4.74. The van der Waals surface area contributed by atoms with Gasteiger partial charge in [0.15, 0.2) is 22.6 Å². The minimum Gasteiger partial charge on any atom is -0.497 e. The summed E-state index contributed by atoms with van der Waals surface area (Å²) in [5.41, 5.74) is 1.31. The van der Waals surface area contributed by atoms with Gasteiger partial charge in [0.2, 0.25) is 5.89 Å². The lowest BCUT2D eigenvalue weighted by Gasteiger charge is -2.11. The summed E-state index contributed by atoms with van der Waals surface area (Å²) < 4.78 is 53.3. The van der Waals surface area contributed by atoms with Crippen molar-refractivity contribution in [3.8, 4) is 28.5 Å². The smallest absolute Gasteiger partial charge is 0.433 e. The Bertz CT molecular complexity index is 1830. The van der Waals surface area contributed by atoms with E-state index in [9.17, 15) is 18.0 Å². The van der Waals surface area contributed by atoms with Crippen LogP contribution in [0.5, 0.6) is 5.75 Å². The number of hydrogen-bond acceptors (Lipinski definition) is 6. The third-order valence-corrected chi connectivity index (χ3v) is 6.00. The van der Waals surface area contributed by atoms with Crippen molar-refractivity contribution < 1.29 is 27.1 Å². The van der Waals surface area contributed by atoms with Crippen molar-refractivity contribution in [2.24, 2.45) is 0 Å². The van der Waals surface area contributed by atoms with E-state index in [0.29, 0.717) is 38.5 Å². The topological polar surface area (TPSA) is 94.6 Å². The van der Waals surface area contributed by atoms with Gasteiger partial charge < -0.3 is 14.5 Å². The molecule has 0 saturated heterocycles. The van der Waals surface area contributed by atoms with E-state index in [2.05, 4.69) is 20.4 Å². The van der Waals surface area contributed by atoms with Crippen molar-refractivity contribution in [3.63, 3.8) is 0 Å². The molecule has 1 amide bonds. The second-order valence-electron chi connectivity index (χ2n) is 8.57. The summed E-state index contributed by atoms with van der Waals surface area (Å²) in [5, 5.41) is 6.57. The van der Waals surface area contributed by atoms with E-state index in [-0.39, 0.29) is 17.0 Å². The van der Waals surface area contributed by atoms with Gasteiger partial charge in [-0.1, -0.05) is 18.2 Å². The van der Waals surface area contributed by atoms with Gasteiger partial charge in [0, 0.05) is 22.9 Å². The zero-order chi connectivity index (χ0) is 27.1. The van der Waals surface area contributed by atoms with Crippen LogP contribution in [0.3, 0.4) is 0 Å². The van der Waals surface area contributed by atoms with Gasteiger partial charge in [-0.3, -0.25) is 4.79 Å². The Morgan fingerprint density at radius 1 is 0.923 bits per heavy atom. The third-order valence-electron chi connectivity index (χ3n) is 6.00. The molecule has 0 atom stereocenters. The number of methoxy groups -OCH3 is 1. The van der Waals surface area contributed by atoms with Crippen LogP contribution in [0.4, 0.5) is 18.9 Å². The molecule has 194 valence electrons. The Hall–Kier alpha value is -5.19. The molecule has 6 aromatic rings. The molecule has 0 spiro atoms. The number of alkyl halides is 3. The Kier molecular flexibility index (Phi) is 5.75. The molecule has 3 aromatic heterocycles. The first-order chi connectivity index (χ1) is 18.8. The monoisotopic (exact) mass is 529 g/mol. The van der Waals surface area contributed by atoms with Crippen LogP contribution in [0.2, 0.25) is 0 Å². The fraction of sp³-hybridized carbons (Fsp3) is 0.0714. The highest BCUT2D eigenvalue weighted by atomic mass is 19.4. The maximum atomic E-state index is 13.9. The minimum absolute atomic E-state index is 0.0787. The van der Waals surface area contributed by atoms with E-state index in [0.717, 1.165) is 11.6 Å². The van der Waals surface area contributed by atoms with E-state index < -0.39 is 17.8 Å². The molecule has 6 rings (SSSR count). The molecule has 3 heterocycles. The van der Waals surface area contributed by atoms with E-state index in [1.54, 1.807) is 42.5 Å². The van der Waals surface area contributed by atoms with E-state index in [1.165, 1.54) is 13.2 Å². The Labute approximate surface area is 218 Å². The lowest BCUT2D eigenvalue weighted by atomic mass is 10.1. The number of halogens is 3. The molecule has 0 aliphatic heterocycles. The molecule has 3 aromatic carbocycles. The number of oxazole rings is 1. The molecule has 0 radical (unpaired) electrons. The number of aromatic nitrogens is 4. The lowest BCUT2D eigenvalue weighted by Crippen LogP contribution is -2.15. The van der Waals surface area contributed by atoms with Gasteiger partial charge in [-0.2, -0.15) is 18.3 Å². The summed E-state index contributed by atoms with van der Waals surface area (Å²) in [4.78, 5) is 21.8. The Morgan fingerprint density at radius 2 is 1.69 bits per heavy atom. The van der Waals surface area contributed by atoms with Gasteiger partial charge in [-0.25, -0.2) is 14.5 Å². The maximum absolute atomic E-state index is 13.9. The molecular formula is C28H18F3N5O3. The largest absolute Gasteiger partial charge is 0.497 e. The van der Waals surface area contributed by atoms with Crippen LogP contribution < -0.4 is 10.1 Å². The highest BCUT2D eigenvalue weighted by molar-refractivity contribution is 6.04. The highest BCUT2D eigenvalue weighted by Crippen LogP contribution is 2.33. The first-order valence-corrected chi connectivity index (χ1v) is 11.7. The van der Waals surface area contributed by atoms with Crippen molar-refractivity contribution in [3.05, 3.63) is 96.3 Å². The second-order valence-corrected chi connectivity index (χ2v) is 8.57. The van der Waals surface area contributed by atoms with Crippen LogP contribution in [-0.2, 0) is 6.18 Å². The van der Waals surface area contributed by atoms with Crippen LogP contribution in [0.25, 0.3) is 39.5 Å². The molecule has 0 aliphatic rings. The zero-order valence-electron chi connectivity index (χ0n) is 20.2. The maximum Gasteiger partial charge on any atom is 0.433 e. The van der Waals surface area contributed by atoms with E-state index in [1.807, 2.05) is 30.3 Å². The molecule has 0 saturated carbocycles. The number of ether oxygens (including phenoxy) is 1. The Balaban J connectivity index is 1.32. The molecular weight excluding hydrogens is 511 g/mol. The number of anilines is 1. The van der Waals surface area contributed by atoms with Crippen LogP contribution >= 0.6 is 0 Å². The molecule has 39 heavy (non-hydrogen) atoms. The molecule has 0 fully saturated rings. The molecule has 0 bridgehead atoms. The van der Waals surface area contributed by atoms with Gasteiger partial charge in [0.1, 0.15) is 11.3 Å². The SMILES string of the molecule is COc1ccc(-c2cc(C(F)(F)F)n3nc(C(=O)Nc4ccc5oc(-c6ccccc6)nc5c4)cc3n2)cc1. The number of rotatable bonds is 5. The molecule has 0 aliphatic carbocycles. The van der Waals surface area contributed by atoms with Gasteiger partial charge in [-0.05, 0) is 60.7 Å². The molecule has 1 N–H and O–H groups in total. The number of benzene rings is 3.